The number of aromatic amines is 1. The van der Waals surface area contributed by atoms with Gasteiger partial charge in [-0.15, -0.1) is 0 Å². The summed E-state index contributed by atoms with van der Waals surface area (Å²) in [6.45, 7) is 3.49. The Morgan fingerprint density at radius 3 is 2.95 bits per heavy atom. The minimum atomic E-state index is -0.361. The number of H-pyrrole nitrogens is 1. The highest BCUT2D eigenvalue weighted by molar-refractivity contribution is 5.90. The number of likely N-dealkylation sites (tertiary alicyclic amines) is 1. The number of hydrogen-bond donors (Lipinski definition) is 3. The monoisotopic (exact) mass is 275 g/mol. The van der Waals surface area contributed by atoms with Gasteiger partial charge < -0.3 is 16.0 Å². The molecule has 0 aromatic carbocycles. The molecule has 0 aliphatic carbocycles. The molecule has 2 aromatic rings. The molecule has 3 heterocycles. The van der Waals surface area contributed by atoms with Gasteiger partial charge in [-0.25, -0.2) is 0 Å². The van der Waals surface area contributed by atoms with Crippen molar-refractivity contribution in [1.82, 2.24) is 25.1 Å². The van der Waals surface area contributed by atoms with Gasteiger partial charge in [-0.1, -0.05) is 0 Å². The van der Waals surface area contributed by atoms with Crippen molar-refractivity contribution in [2.45, 2.75) is 25.8 Å². The van der Waals surface area contributed by atoms with Crippen LogP contribution < -0.4 is 11.1 Å². The summed E-state index contributed by atoms with van der Waals surface area (Å²) in [5.74, 6) is 0.752. The number of anilines is 2. The van der Waals surface area contributed by atoms with E-state index < -0.39 is 0 Å². The molecule has 1 amide bonds. The smallest absolute Gasteiger partial charge is 0.244 e. The molecule has 0 radical (unpaired) electrons. The van der Waals surface area contributed by atoms with E-state index in [1.54, 1.807) is 6.20 Å². The van der Waals surface area contributed by atoms with E-state index in [0.29, 0.717) is 11.5 Å². The fourth-order valence-corrected chi connectivity index (χ4v) is 2.44. The third-order valence-corrected chi connectivity index (χ3v) is 3.47. The molecule has 106 valence electrons. The van der Waals surface area contributed by atoms with Crippen LogP contribution in [0.15, 0.2) is 6.20 Å². The fraction of sp³-hybridized carbons (Fsp3) is 0.500. The van der Waals surface area contributed by atoms with E-state index in [2.05, 4.69) is 25.5 Å². The van der Waals surface area contributed by atoms with Crippen LogP contribution in [-0.4, -0.2) is 50.1 Å². The molecule has 1 atom stereocenters. The predicted molar refractivity (Wildman–Crippen MR) is 75.0 cm³/mol. The Morgan fingerprint density at radius 1 is 1.45 bits per heavy atom. The molecule has 1 aliphatic rings. The average Bonchev–Trinajstić information content (AvgIpc) is 3.08. The van der Waals surface area contributed by atoms with Crippen molar-refractivity contribution in [3.05, 3.63) is 6.20 Å². The molecule has 2 aromatic heterocycles. The van der Waals surface area contributed by atoms with Gasteiger partial charge in [-0.3, -0.25) is 9.89 Å². The Morgan fingerprint density at radius 2 is 2.20 bits per heavy atom. The number of fused-ring (bicyclic) bond motifs is 1. The first-order chi connectivity index (χ1) is 9.65. The first kappa shape index (κ1) is 12.6. The van der Waals surface area contributed by atoms with E-state index >= 15 is 0 Å². The molecule has 8 nitrogen and oxygen atoms in total. The van der Waals surface area contributed by atoms with Crippen molar-refractivity contribution >= 4 is 28.7 Å². The number of rotatable bonds is 3. The number of carbonyl (C=O) groups is 1. The lowest BCUT2D eigenvalue weighted by Gasteiger charge is -2.21. The van der Waals surface area contributed by atoms with Crippen molar-refractivity contribution < 1.29 is 4.79 Å². The maximum Gasteiger partial charge on any atom is 0.244 e. The summed E-state index contributed by atoms with van der Waals surface area (Å²) in [7, 11) is 0. The maximum atomic E-state index is 12.3. The highest BCUT2D eigenvalue weighted by Crippen LogP contribution is 2.20. The summed E-state index contributed by atoms with van der Waals surface area (Å²) in [5, 5.41) is 10.5. The molecule has 1 unspecified atom stereocenters. The number of nitrogens with one attached hydrogen (secondary N) is 2. The summed E-state index contributed by atoms with van der Waals surface area (Å²) >= 11 is 0. The van der Waals surface area contributed by atoms with E-state index in [1.807, 2.05) is 11.8 Å². The molecule has 0 spiro atoms. The zero-order valence-electron chi connectivity index (χ0n) is 11.3. The van der Waals surface area contributed by atoms with Crippen LogP contribution in [0.2, 0.25) is 0 Å². The number of nitrogen functional groups attached to an aromatic ring is 1. The molecule has 0 bridgehead atoms. The topological polar surface area (TPSA) is 113 Å². The first-order valence-electron chi connectivity index (χ1n) is 6.67. The van der Waals surface area contributed by atoms with Crippen LogP contribution in [0.1, 0.15) is 19.8 Å². The lowest BCUT2D eigenvalue weighted by molar-refractivity contribution is -0.130. The molecular formula is C12H17N7O. The van der Waals surface area contributed by atoms with Crippen molar-refractivity contribution in [1.29, 1.82) is 0 Å². The molecule has 3 rings (SSSR count). The fourth-order valence-electron chi connectivity index (χ4n) is 2.44. The van der Waals surface area contributed by atoms with Crippen molar-refractivity contribution in [2.75, 3.05) is 24.1 Å². The second-order valence-corrected chi connectivity index (χ2v) is 4.96. The Bertz CT molecular complexity index is 632. The zero-order chi connectivity index (χ0) is 14.1. The Labute approximate surface area is 115 Å². The van der Waals surface area contributed by atoms with Crippen LogP contribution in [-0.2, 0) is 4.79 Å². The molecule has 20 heavy (non-hydrogen) atoms. The van der Waals surface area contributed by atoms with Gasteiger partial charge in [0.2, 0.25) is 11.9 Å². The van der Waals surface area contributed by atoms with Gasteiger partial charge in [-0.05, 0) is 19.8 Å². The number of carbonyl (C=O) groups excluding carboxylic acids is 1. The predicted octanol–water partition coefficient (Wildman–Crippen LogP) is 0.358. The van der Waals surface area contributed by atoms with E-state index in [0.717, 1.165) is 31.3 Å². The van der Waals surface area contributed by atoms with Crippen molar-refractivity contribution in [3.8, 4) is 0 Å². The van der Waals surface area contributed by atoms with Gasteiger partial charge in [0.25, 0.3) is 0 Å². The third kappa shape index (κ3) is 2.24. The Kier molecular flexibility index (Phi) is 3.13. The molecule has 4 N–H and O–H groups in total. The van der Waals surface area contributed by atoms with Crippen molar-refractivity contribution in [2.24, 2.45) is 0 Å². The summed E-state index contributed by atoms with van der Waals surface area (Å²) in [4.78, 5) is 22.3. The van der Waals surface area contributed by atoms with E-state index in [1.165, 1.54) is 0 Å². The first-order valence-corrected chi connectivity index (χ1v) is 6.67. The molecular weight excluding hydrogens is 258 g/mol. The van der Waals surface area contributed by atoms with Crippen LogP contribution >= 0.6 is 0 Å². The largest absolute Gasteiger partial charge is 0.368 e. The average molecular weight is 275 g/mol. The number of nitrogens with zero attached hydrogens (tertiary/aromatic N) is 4. The number of nitrogens with two attached hydrogens (primary N) is 1. The highest BCUT2D eigenvalue weighted by Gasteiger charge is 2.24. The van der Waals surface area contributed by atoms with Gasteiger partial charge >= 0.3 is 0 Å². The van der Waals surface area contributed by atoms with E-state index in [4.69, 9.17) is 5.73 Å². The number of aromatic nitrogens is 4. The highest BCUT2D eigenvalue weighted by atomic mass is 16.2. The van der Waals surface area contributed by atoms with Gasteiger partial charge in [0.15, 0.2) is 5.65 Å². The molecule has 1 aliphatic heterocycles. The molecule has 0 saturated carbocycles. The van der Waals surface area contributed by atoms with Crippen LogP contribution in [0.4, 0.5) is 11.8 Å². The summed E-state index contributed by atoms with van der Waals surface area (Å²) < 4.78 is 0. The van der Waals surface area contributed by atoms with E-state index in [9.17, 15) is 4.79 Å². The van der Waals surface area contributed by atoms with Crippen molar-refractivity contribution in [3.63, 3.8) is 0 Å². The number of amides is 1. The molecule has 1 fully saturated rings. The minimum absolute atomic E-state index is 0.0799. The third-order valence-electron chi connectivity index (χ3n) is 3.47. The Balaban J connectivity index is 1.81. The summed E-state index contributed by atoms with van der Waals surface area (Å²) in [5.41, 5.74) is 6.21. The SMILES string of the molecule is CC(Nc1nc(N)nc2[nH]ncc12)C(=O)N1CCCC1. The second-order valence-electron chi connectivity index (χ2n) is 4.96. The quantitative estimate of drug-likeness (QED) is 0.745. The maximum absolute atomic E-state index is 12.3. The normalized spacial score (nSPS) is 16.6. The van der Waals surface area contributed by atoms with Gasteiger partial charge in [-0.2, -0.15) is 15.1 Å². The molecule has 8 heteroatoms. The lowest BCUT2D eigenvalue weighted by Crippen LogP contribution is -2.39. The summed E-state index contributed by atoms with van der Waals surface area (Å²) in [6.07, 6.45) is 3.76. The summed E-state index contributed by atoms with van der Waals surface area (Å²) in [6, 6.07) is -0.361. The molecule has 1 saturated heterocycles. The number of hydrogen-bond acceptors (Lipinski definition) is 6. The van der Waals surface area contributed by atoms with Crippen LogP contribution in [0.3, 0.4) is 0 Å². The van der Waals surface area contributed by atoms with E-state index in [-0.39, 0.29) is 17.9 Å². The van der Waals surface area contributed by atoms with Gasteiger partial charge in [0.1, 0.15) is 11.9 Å². The zero-order valence-corrected chi connectivity index (χ0v) is 11.3. The standard InChI is InChI=1S/C12H17N7O/c1-7(11(20)19-4-2-3-5-19)15-9-8-6-14-18-10(8)17-12(13)16-9/h6-7H,2-5H2,1H3,(H4,13,14,15,16,17,18). The van der Waals surface area contributed by atoms with Crippen LogP contribution in [0.25, 0.3) is 11.0 Å². The second kappa shape index (κ2) is 4.95. The van der Waals surface area contributed by atoms with Crippen LogP contribution in [0.5, 0.6) is 0 Å². The lowest BCUT2D eigenvalue weighted by atomic mass is 10.2. The van der Waals surface area contributed by atoms with Crippen LogP contribution in [0, 0.1) is 0 Å². The van der Waals surface area contributed by atoms with Gasteiger partial charge in [0.05, 0.1) is 11.6 Å². The van der Waals surface area contributed by atoms with Gasteiger partial charge in [0, 0.05) is 13.1 Å². The minimum Gasteiger partial charge on any atom is -0.368 e. The Hall–Kier alpha value is -2.38.